The van der Waals surface area contributed by atoms with Gasteiger partial charge in [-0.3, -0.25) is 4.79 Å². The molecule has 1 aromatic carbocycles. The highest BCUT2D eigenvalue weighted by atomic mass is 16.3. The monoisotopic (exact) mass is 386 g/mol. The predicted molar refractivity (Wildman–Crippen MR) is 115 cm³/mol. The van der Waals surface area contributed by atoms with E-state index in [1.807, 2.05) is 13.0 Å². The lowest BCUT2D eigenvalue weighted by Crippen LogP contribution is -2.51. The fraction of sp³-hybridized carbons (Fsp3) is 0.519. The third-order valence-corrected chi connectivity index (χ3v) is 8.42. The fourth-order valence-corrected chi connectivity index (χ4v) is 7.06. The van der Waals surface area contributed by atoms with Crippen LogP contribution in [0, 0.1) is 29.1 Å². The van der Waals surface area contributed by atoms with Crippen LogP contribution in [0.5, 0.6) is 0 Å². The third-order valence-electron chi connectivity index (χ3n) is 8.42. The van der Waals surface area contributed by atoms with E-state index in [-0.39, 0.29) is 11.2 Å². The lowest BCUT2D eigenvalue weighted by molar-refractivity contribution is -0.114. The smallest absolute Gasteiger partial charge is 0.156 e. The van der Waals surface area contributed by atoms with Crippen molar-refractivity contribution in [1.29, 1.82) is 0 Å². The molecule has 0 aromatic heterocycles. The molecule has 1 N–H and O–H groups in total. The van der Waals surface area contributed by atoms with E-state index in [2.05, 4.69) is 49.1 Å². The van der Waals surface area contributed by atoms with Gasteiger partial charge in [-0.05, 0) is 80.1 Å². The highest BCUT2D eigenvalue weighted by Gasteiger charge is 2.62. The normalized spacial score (nSPS) is 38.4. The Hall–Kier alpha value is -2.11. The van der Waals surface area contributed by atoms with Crippen LogP contribution in [-0.2, 0) is 4.79 Å². The van der Waals surface area contributed by atoms with E-state index in [9.17, 15) is 9.90 Å². The van der Waals surface area contributed by atoms with Crippen LogP contribution < -0.4 is 0 Å². The van der Waals surface area contributed by atoms with Crippen molar-refractivity contribution >= 4 is 5.78 Å². The number of aliphatic hydroxyl groups is 1. The third kappa shape index (κ3) is 2.71. The van der Waals surface area contributed by atoms with Crippen molar-refractivity contribution in [1.82, 2.24) is 0 Å². The standard InChI is InChI=1S/C27H30O2/c1-3-14-27(29)15-13-24-22-11-9-19-16-20(28)10-12-21(19)25(22)23(17-26(24,27)2)18-7-5-4-6-8-18/h4-8,16,22-24,29H,9-13,15,17H2,1-2H3/t22-,23+,24-,26-,27-/m0/s1. The lowest BCUT2D eigenvalue weighted by atomic mass is 9.51. The minimum atomic E-state index is -0.895. The molecule has 5 rings (SSSR count). The fourth-order valence-electron chi connectivity index (χ4n) is 7.06. The maximum atomic E-state index is 12.1. The van der Waals surface area contributed by atoms with Crippen molar-refractivity contribution in [2.75, 3.05) is 0 Å². The number of ketones is 1. The van der Waals surface area contributed by atoms with Crippen molar-refractivity contribution in [3.05, 3.63) is 58.7 Å². The molecular weight excluding hydrogens is 356 g/mol. The molecule has 2 saturated carbocycles. The van der Waals surface area contributed by atoms with Crippen LogP contribution >= 0.6 is 0 Å². The first-order valence-corrected chi connectivity index (χ1v) is 11.1. The second kappa shape index (κ2) is 6.71. The second-order valence-corrected chi connectivity index (χ2v) is 9.68. The first-order valence-electron chi connectivity index (χ1n) is 11.1. The summed E-state index contributed by atoms with van der Waals surface area (Å²) in [5.74, 6) is 7.80. The maximum absolute atomic E-state index is 12.1. The Kier molecular flexibility index (Phi) is 4.37. The minimum Gasteiger partial charge on any atom is -0.377 e. The molecule has 2 fully saturated rings. The van der Waals surface area contributed by atoms with Gasteiger partial charge in [0.15, 0.2) is 5.78 Å². The summed E-state index contributed by atoms with van der Waals surface area (Å²) >= 11 is 0. The molecule has 2 nitrogen and oxygen atoms in total. The summed E-state index contributed by atoms with van der Waals surface area (Å²) in [4.78, 5) is 12.1. The average Bonchev–Trinajstić information content (AvgIpc) is 2.98. The van der Waals surface area contributed by atoms with E-state index in [4.69, 9.17) is 0 Å². The van der Waals surface area contributed by atoms with Crippen molar-refractivity contribution in [3.63, 3.8) is 0 Å². The zero-order valence-electron chi connectivity index (χ0n) is 17.5. The Morgan fingerprint density at radius 2 is 1.90 bits per heavy atom. The quantitative estimate of drug-likeness (QED) is 0.662. The van der Waals surface area contributed by atoms with Crippen molar-refractivity contribution in [2.24, 2.45) is 17.3 Å². The Morgan fingerprint density at radius 3 is 2.66 bits per heavy atom. The van der Waals surface area contributed by atoms with Gasteiger partial charge in [0.2, 0.25) is 0 Å². The van der Waals surface area contributed by atoms with Gasteiger partial charge in [0.25, 0.3) is 0 Å². The molecule has 4 aliphatic rings. The number of fused-ring (bicyclic) bond motifs is 4. The van der Waals surface area contributed by atoms with Crippen LogP contribution in [0.3, 0.4) is 0 Å². The zero-order chi connectivity index (χ0) is 20.2. The molecule has 0 unspecified atom stereocenters. The Bertz CT molecular complexity index is 973. The number of hydrogen-bond donors (Lipinski definition) is 1. The van der Waals surface area contributed by atoms with Crippen LogP contribution in [0.1, 0.15) is 70.3 Å². The van der Waals surface area contributed by atoms with Gasteiger partial charge in [-0.25, -0.2) is 0 Å². The van der Waals surface area contributed by atoms with Crippen molar-refractivity contribution in [3.8, 4) is 11.8 Å². The molecule has 0 amide bonds. The van der Waals surface area contributed by atoms with Crippen molar-refractivity contribution in [2.45, 2.75) is 70.3 Å². The summed E-state index contributed by atoms with van der Waals surface area (Å²) in [6, 6.07) is 10.8. The Labute approximate surface area is 174 Å². The minimum absolute atomic E-state index is 0.197. The van der Waals surface area contributed by atoms with Gasteiger partial charge in [-0.2, -0.15) is 0 Å². The summed E-state index contributed by atoms with van der Waals surface area (Å²) in [6.07, 6.45) is 8.30. The van der Waals surface area contributed by atoms with E-state index in [1.165, 1.54) is 16.7 Å². The van der Waals surface area contributed by atoms with Gasteiger partial charge in [0.05, 0.1) is 0 Å². The zero-order valence-corrected chi connectivity index (χ0v) is 17.5. The second-order valence-electron chi connectivity index (χ2n) is 9.68. The number of allylic oxidation sites excluding steroid dienone is 4. The first kappa shape index (κ1) is 18.9. The van der Waals surface area contributed by atoms with E-state index < -0.39 is 5.60 Å². The van der Waals surface area contributed by atoms with Gasteiger partial charge in [-0.1, -0.05) is 48.7 Å². The van der Waals surface area contributed by atoms with Gasteiger partial charge < -0.3 is 5.11 Å². The number of rotatable bonds is 1. The molecule has 5 atom stereocenters. The number of benzene rings is 1. The molecule has 0 aliphatic heterocycles. The predicted octanol–water partition coefficient (Wildman–Crippen LogP) is 5.34. The summed E-state index contributed by atoms with van der Waals surface area (Å²) in [5, 5.41) is 11.6. The first-order chi connectivity index (χ1) is 14.0. The molecule has 4 aliphatic carbocycles. The van der Waals surface area contributed by atoms with Crippen LogP contribution in [0.2, 0.25) is 0 Å². The average molecular weight is 387 g/mol. The molecule has 0 heterocycles. The highest BCUT2D eigenvalue weighted by Crippen LogP contribution is 2.66. The van der Waals surface area contributed by atoms with Crippen LogP contribution in [0.15, 0.2) is 53.1 Å². The van der Waals surface area contributed by atoms with Gasteiger partial charge >= 0.3 is 0 Å². The molecular formula is C27H30O2. The van der Waals surface area contributed by atoms with E-state index in [0.29, 0.717) is 24.2 Å². The summed E-state index contributed by atoms with van der Waals surface area (Å²) in [5.41, 5.74) is 4.59. The van der Waals surface area contributed by atoms with Crippen LogP contribution in [-0.4, -0.2) is 16.5 Å². The topological polar surface area (TPSA) is 37.3 Å². The summed E-state index contributed by atoms with van der Waals surface area (Å²) in [6.45, 7) is 4.14. The van der Waals surface area contributed by atoms with Gasteiger partial charge in [0, 0.05) is 17.8 Å². The number of carbonyl (C=O) groups excluding carboxylic acids is 1. The molecule has 2 heteroatoms. The molecule has 1 aromatic rings. The van der Waals surface area contributed by atoms with Crippen LogP contribution in [0.4, 0.5) is 0 Å². The molecule has 29 heavy (non-hydrogen) atoms. The van der Waals surface area contributed by atoms with Gasteiger partial charge in [0.1, 0.15) is 5.60 Å². The summed E-state index contributed by atoms with van der Waals surface area (Å²) < 4.78 is 0. The van der Waals surface area contributed by atoms with Crippen molar-refractivity contribution < 1.29 is 9.90 Å². The van der Waals surface area contributed by atoms with E-state index in [1.54, 1.807) is 5.57 Å². The highest BCUT2D eigenvalue weighted by molar-refractivity contribution is 5.93. The SMILES string of the molecule is CC#C[C@]1(O)CC[C@H]2[C@@H]3CCC4=CC(=O)CCC4=C3[C@@H](c3ccccc3)C[C@@]21C. The molecule has 0 spiro atoms. The molecule has 0 radical (unpaired) electrons. The van der Waals surface area contributed by atoms with Crippen LogP contribution in [0.25, 0.3) is 0 Å². The number of hydrogen-bond acceptors (Lipinski definition) is 2. The Balaban J connectivity index is 1.70. The van der Waals surface area contributed by atoms with Gasteiger partial charge in [-0.15, -0.1) is 5.92 Å². The maximum Gasteiger partial charge on any atom is 0.156 e. The molecule has 150 valence electrons. The van der Waals surface area contributed by atoms with E-state index >= 15 is 0 Å². The lowest BCUT2D eigenvalue weighted by Gasteiger charge is -2.53. The summed E-state index contributed by atoms with van der Waals surface area (Å²) in [7, 11) is 0. The molecule has 0 bridgehead atoms. The molecule has 0 saturated heterocycles. The Morgan fingerprint density at radius 1 is 1.10 bits per heavy atom. The number of carbonyl (C=O) groups is 1. The van der Waals surface area contributed by atoms with E-state index in [0.717, 1.165) is 38.5 Å². The largest absolute Gasteiger partial charge is 0.377 e.